The Bertz CT molecular complexity index is 276. The molecule has 1 rings (SSSR count). The zero-order valence-corrected chi connectivity index (χ0v) is 10.2. The maximum atomic E-state index is 5.44. The van der Waals surface area contributed by atoms with Crippen molar-refractivity contribution in [1.29, 1.82) is 0 Å². The quantitative estimate of drug-likeness (QED) is 0.549. The van der Waals surface area contributed by atoms with E-state index in [0.29, 0.717) is 0 Å². The molecule has 84 valence electrons. The van der Waals surface area contributed by atoms with Gasteiger partial charge in [-0.15, -0.1) is 5.73 Å². The number of nitrogens with two attached hydrogens (primary N) is 1. The van der Waals surface area contributed by atoms with E-state index in [1.54, 1.807) is 0 Å². The van der Waals surface area contributed by atoms with Crippen LogP contribution in [0.3, 0.4) is 0 Å². The van der Waals surface area contributed by atoms with Crippen LogP contribution in [0.5, 0.6) is 0 Å². The highest BCUT2D eigenvalue weighted by atomic mass is 14.5. The number of unbranched alkanes of at least 4 members (excludes halogenated alkanes) is 1. The van der Waals surface area contributed by atoms with E-state index in [0.717, 1.165) is 19.4 Å². The van der Waals surface area contributed by atoms with Crippen LogP contribution in [0, 0.1) is 0 Å². The van der Waals surface area contributed by atoms with Crippen molar-refractivity contribution in [2.24, 2.45) is 5.73 Å². The summed E-state index contributed by atoms with van der Waals surface area (Å²) < 4.78 is 0. The summed E-state index contributed by atoms with van der Waals surface area (Å²) in [6, 6.07) is 0. The molecular formula is C14H23N. The molecule has 1 aliphatic carbocycles. The third-order valence-corrected chi connectivity index (χ3v) is 2.08. The summed E-state index contributed by atoms with van der Waals surface area (Å²) in [4.78, 5) is 0. The van der Waals surface area contributed by atoms with Gasteiger partial charge in [0.2, 0.25) is 0 Å². The van der Waals surface area contributed by atoms with Crippen LogP contribution in [0.1, 0.15) is 40.0 Å². The van der Waals surface area contributed by atoms with Crippen LogP contribution in [0.15, 0.2) is 41.2 Å². The van der Waals surface area contributed by atoms with E-state index in [2.05, 4.69) is 30.9 Å². The Kier molecular flexibility index (Phi) is 8.85. The molecule has 1 nitrogen and oxygen atoms in total. The molecule has 0 aromatic heterocycles. The monoisotopic (exact) mass is 205 g/mol. The van der Waals surface area contributed by atoms with Crippen molar-refractivity contribution in [1.82, 2.24) is 0 Å². The van der Waals surface area contributed by atoms with Gasteiger partial charge in [-0.3, -0.25) is 0 Å². The Hall–Kier alpha value is -1.04. The number of hydrogen-bond donors (Lipinski definition) is 1. The smallest absolute Gasteiger partial charge is 0.00772 e. The summed E-state index contributed by atoms with van der Waals surface area (Å²) in [6.45, 7) is 6.85. The molecule has 0 unspecified atom stereocenters. The molecule has 0 aromatic rings. The molecular weight excluding hydrogens is 182 g/mol. The van der Waals surface area contributed by atoms with E-state index in [-0.39, 0.29) is 0 Å². The fourth-order valence-corrected chi connectivity index (χ4v) is 1.26. The average Bonchev–Trinajstić information content (AvgIpc) is 2.47. The first-order valence-electron chi connectivity index (χ1n) is 5.83. The Labute approximate surface area is 94.1 Å². The van der Waals surface area contributed by atoms with E-state index < -0.39 is 0 Å². The van der Waals surface area contributed by atoms with Gasteiger partial charge in [0.1, 0.15) is 0 Å². The first kappa shape index (κ1) is 14.0. The van der Waals surface area contributed by atoms with Crippen LogP contribution in [-0.2, 0) is 0 Å². The second kappa shape index (κ2) is 9.51. The van der Waals surface area contributed by atoms with Gasteiger partial charge in [0.05, 0.1) is 0 Å². The predicted octanol–water partition coefficient (Wildman–Crippen LogP) is 3.74. The number of allylic oxidation sites excluding steroid dienone is 5. The zero-order valence-electron chi connectivity index (χ0n) is 10.2. The molecule has 0 aromatic carbocycles. The van der Waals surface area contributed by atoms with Crippen molar-refractivity contribution in [3.8, 4) is 0 Å². The molecule has 0 saturated heterocycles. The topological polar surface area (TPSA) is 26.0 Å². The molecule has 0 radical (unpaired) electrons. The lowest BCUT2D eigenvalue weighted by atomic mass is 10.1. The maximum Gasteiger partial charge on any atom is -0.00772 e. The van der Waals surface area contributed by atoms with E-state index in [1.165, 1.54) is 17.6 Å². The van der Waals surface area contributed by atoms with Gasteiger partial charge in [-0.25, -0.2) is 0 Å². The normalized spacial score (nSPS) is 13.6. The highest BCUT2D eigenvalue weighted by Crippen LogP contribution is 2.12. The molecule has 1 aliphatic rings. The second-order valence-corrected chi connectivity index (χ2v) is 3.31. The van der Waals surface area contributed by atoms with Gasteiger partial charge in [0, 0.05) is 0 Å². The van der Waals surface area contributed by atoms with Gasteiger partial charge >= 0.3 is 0 Å². The number of rotatable bonds is 4. The fraction of sp³-hybridized carbons (Fsp3) is 0.500. The zero-order chi connectivity index (χ0) is 11.5. The molecule has 0 spiro atoms. The van der Waals surface area contributed by atoms with Crippen LogP contribution in [0.2, 0.25) is 0 Å². The van der Waals surface area contributed by atoms with Gasteiger partial charge < -0.3 is 5.73 Å². The molecule has 0 fully saturated rings. The lowest BCUT2D eigenvalue weighted by Crippen LogP contribution is -1.97. The summed E-state index contributed by atoms with van der Waals surface area (Å²) in [5.41, 5.74) is 11.2. The van der Waals surface area contributed by atoms with Gasteiger partial charge in [-0.05, 0) is 50.0 Å². The van der Waals surface area contributed by atoms with Crippen molar-refractivity contribution >= 4 is 0 Å². The summed E-state index contributed by atoms with van der Waals surface area (Å²) in [5.74, 6) is 0. The standard InChI is InChI=1S/C12H17N.C2H6/c1-11-5-4-7-12(9-8-11)6-2-3-10-13;1-2/h4,7-9H,2-3,6,10,13H2,1H3;1-2H3. The molecule has 0 amide bonds. The molecule has 15 heavy (non-hydrogen) atoms. The first-order chi connectivity index (χ1) is 7.33. The Balaban J connectivity index is 0.000000921. The Morgan fingerprint density at radius 2 is 1.93 bits per heavy atom. The molecule has 0 bridgehead atoms. The summed E-state index contributed by atoms with van der Waals surface area (Å²) in [6.07, 6.45) is 11.8. The fourth-order valence-electron chi connectivity index (χ4n) is 1.26. The summed E-state index contributed by atoms with van der Waals surface area (Å²) in [5, 5.41) is 0. The van der Waals surface area contributed by atoms with Crippen molar-refractivity contribution in [3.63, 3.8) is 0 Å². The molecule has 0 aliphatic heterocycles. The van der Waals surface area contributed by atoms with Gasteiger partial charge in [-0.2, -0.15) is 0 Å². The largest absolute Gasteiger partial charge is 0.330 e. The van der Waals surface area contributed by atoms with E-state index in [9.17, 15) is 0 Å². The highest BCUT2D eigenvalue weighted by molar-refractivity contribution is 5.33. The minimum Gasteiger partial charge on any atom is -0.330 e. The summed E-state index contributed by atoms with van der Waals surface area (Å²) >= 11 is 0. The third-order valence-electron chi connectivity index (χ3n) is 2.08. The van der Waals surface area contributed by atoms with Crippen molar-refractivity contribution in [2.75, 3.05) is 6.54 Å². The first-order valence-corrected chi connectivity index (χ1v) is 5.83. The van der Waals surface area contributed by atoms with Gasteiger partial charge in [-0.1, -0.05) is 32.1 Å². The second-order valence-electron chi connectivity index (χ2n) is 3.31. The van der Waals surface area contributed by atoms with Crippen molar-refractivity contribution < 1.29 is 0 Å². The predicted molar refractivity (Wildman–Crippen MR) is 68.7 cm³/mol. The minimum absolute atomic E-state index is 0.796. The van der Waals surface area contributed by atoms with Crippen molar-refractivity contribution in [3.05, 3.63) is 41.2 Å². The Morgan fingerprint density at radius 1 is 1.20 bits per heavy atom. The van der Waals surface area contributed by atoms with Crippen LogP contribution in [-0.4, -0.2) is 6.54 Å². The van der Waals surface area contributed by atoms with Crippen LogP contribution in [0.25, 0.3) is 0 Å². The summed E-state index contributed by atoms with van der Waals surface area (Å²) in [7, 11) is 0. The van der Waals surface area contributed by atoms with Gasteiger partial charge in [0.15, 0.2) is 0 Å². The van der Waals surface area contributed by atoms with E-state index >= 15 is 0 Å². The lowest BCUT2D eigenvalue weighted by molar-refractivity contribution is 0.747. The van der Waals surface area contributed by atoms with Gasteiger partial charge in [0.25, 0.3) is 0 Å². The molecule has 2 N–H and O–H groups in total. The SMILES string of the molecule is CC.CC1=C=CC=C(CCCCN)C=C1. The third kappa shape index (κ3) is 6.96. The number of hydrogen-bond acceptors (Lipinski definition) is 1. The highest BCUT2D eigenvalue weighted by Gasteiger charge is 1.93. The Morgan fingerprint density at radius 3 is 2.60 bits per heavy atom. The maximum absolute atomic E-state index is 5.44. The molecule has 0 saturated carbocycles. The minimum atomic E-state index is 0.796. The molecule has 1 heteroatoms. The molecule has 0 heterocycles. The van der Waals surface area contributed by atoms with E-state index in [4.69, 9.17) is 5.73 Å². The lowest BCUT2D eigenvalue weighted by Gasteiger charge is -1.99. The molecule has 0 atom stereocenters. The van der Waals surface area contributed by atoms with Crippen molar-refractivity contribution in [2.45, 2.75) is 40.0 Å². The van der Waals surface area contributed by atoms with E-state index in [1.807, 2.05) is 19.9 Å². The average molecular weight is 205 g/mol. The van der Waals surface area contributed by atoms with Crippen LogP contribution >= 0.6 is 0 Å². The van der Waals surface area contributed by atoms with Crippen LogP contribution in [0.4, 0.5) is 0 Å². The van der Waals surface area contributed by atoms with Crippen LogP contribution < -0.4 is 5.73 Å².